The second-order valence-electron chi connectivity index (χ2n) is 4.94. The first-order chi connectivity index (χ1) is 9.83. The molecule has 0 atom stereocenters. The molecular formula is C17H13N3. The summed E-state index contributed by atoms with van der Waals surface area (Å²) in [7, 11) is 0. The third-order valence-corrected chi connectivity index (χ3v) is 3.61. The van der Waals surface area contributed by atoms with E-state index in [1.165, 1.54) is 10.9 Å². The van der Waals surface area contributed by atoms with Crippen molar-refractivity contribution in [3.05, 3.63) is 60.3 Å². The van der Waals surface area contributed by atoms with E-state index in [4.69, 9.17) is 4.98 Å². The van der Waals surface area contributed by atoms with E-state index in [-0.39, 0.29) is 0 Å². The minimum atomic E-state index is 0.825. The van der Waals surface area contributed by atoms with Crippen LogP contribution in [0, 0.1) is 6.92 Å². The zero-order valence-electron chi connectivity index (χ0n) is 11.1. The van der Waals surface area contributed by atoms with E-state index < -0.39 is 0 Å². The van der Waals surface area contributed by atoms with Crippen LogP contribution in [0.5, 0.6) is 0 Å². The fourth-order valence-electron chi connectivity index (χ4n) is 2.60. The standard InChI is InChI=1S/C17H13N3/c1-11-5-4-8-14-15(11)20-17(19-14)16-13-7-3-2-6-12(13)9-10-18-16/h2-10H,1H3,(H,19,20). The second kappa shape index (κ2) is 4.17. The molecule has 3 nitrogen and oxygen atoms in total. The first kappa shape index (κ1) is 11.2. The highest BCUT2D eigenvalue weighted by atomic mass is 14.9. The molecule has 0 aliphatic carbocycles. The molecule has 3 heteroatoms. The predicted octanol–water partition coefficient (Wildman–Crippen LogP) is 4.09. The summed E-state index contributed by atoms with van der Waals surface area (Å²) in [5.74, 6) is 0.825. The Labute approximate surface area is 116 Å². The Hall–Kier alpha value is -2.68. The number of hydrogen-bond acceptors (Lipinski definition) is 2. The first-order valence-corrected chi connectivity index (χ1v) is 6.62. The number of benzene rings is 2. The van der Waals surface area contributed by atoms with Crippen molar-refractivity contribution in [2.24, 2.45) is 0 Å². The molecule has 0 amide bonds. The van der Waals surface area contributed by atoms with Crippen LogP contribution < -0.4 is 0 Å². The highest BCUT2D eigenvalue weighted by Gasteiger charge is 2.10. The maximum atomic E-state index is 4.71. The third kappa shape index (κ3) is 1.60. The van der Waals surface area contributed by atoms with Gasteiger partial charge in [-0.3, -0.25) is 4.98 Å². The number of nitrogens with zero attached hydrogens (tertiary/aromatic N) is 2. The average molecular weight is 259 g/mol. The van der Waals surface area contributed by atoms with Gasteiger partial charge in [0.15, 0.2) is 5.82 Å². The molecule has 1 N–H and O–H groups in total. The highest BCUT2D eigenvalue weighted by Crippen LogP contribution is 2.26. The number of aromatic nitrogens is 3. The van der Waals surface area contributed by atoms with Gasteiger partial charge in [-0.25, -0.2) is 4.98 Å². The number of rotatable bonds is 1. The van der Waals surface area contributed by atoms with E-state index in [1.54, 1.807) is 0 Å². The zero-order chi connectivity index (χ0) is 13.5. The Kier molecular flexibility index (Phi) is 2.33. The van der Waals surface area contributed by atoms with E-state index in [9.17, 15) is 0 Å². The largest absolute Gasteiger partial charge is 0.337 e. The zero-order valence-corrected chi connectivity index (χ0v) is 11.1. The molecule has 4 aromatic rings. The monoisotopic (exact) mass is 259 g/mol. The fourth-order valence-corrected chi connectivity index (χ4v) is 2.60. The molecule has 0 radical (unpaired) electrons. The van der Waals surface area contributed by atoms with Gasteiger partial charge in [-0.2, -0.15) is 0 Å². The second-order valence-corrected chi connectivity index (χ2v) is 4.94. The van der Waals surface area contributed by atoms with E-state index in [2.05, 4.69) is 35.1 Å². The van der Waals surface area contributed by atoms with Crippen LogP contribution in [0.2, 0.25) is 0 Å². The Morgan fingerprint density at radius 3 is 2.75 bits per heavy atom. The molecule has 0 spiro atoms. The summed E-state index contributed by atoms with van der Waals surface area (Å²) >= 11 is 0. The summed E-state index contributed by atoms with van der Waals surface area (Å²) in [5, 5.41) is 2.29. The van der Waals surface area contributed by atoms with Gasteiger partial charge in [0.1, 0.15) is 5.69 Å². The first-order valence-electron chi connectivity index (χ1n) is 6.62. The van der Waals surface area contributed by atoms with E-state index >= 15 is 0 Å². The van der Waals surface area contributed by atoms with Crippen molar-refractivity contribution in [1.82, 2.24) is 15.0 Å². The molecule has 2 aromatic carbocycles. The maximum Gasteiger partial charge on any atom is 0.157 e. The number of aryl methyl sites for hydroxylation is 1. The van der Waals surface area contributed by atoms with Gasteiger partial charge in [-0.1, -0.05) is 36.4 Å². The number of fused-ring (bicyclic) bond motifs is 2. The van der Waals surface area contributed by atoms with E-state index in [0.717, 1.165) is 27.9 Å². The summed E-state index contributed by atoms with van der Waals surface area (Å²) in [6.45, 7) is 2.07. The molecule has 2 aromatic heterocycles. The quantitative estimate of drug-likeness (QED) is 0.559. The summed E-state index contributed by atoms with van der Waals surface area (Å²) in [4.78, 5) is 12.6. The van der Waals surface area contributed by atoms with Gasteiger partial charge in [0, 0.05) is 11.6 Å². The van der Waals surface area contributed by atoms with Crippen LogP contribution in [0.4, 0.5) is 0 Å². The lowest BCUT2D eigenvalue weighted by molar-refractivity contribution is 1.25. The number of hydrogen-bond donors (Lipinski definition) is 1. The lowest BCUT2D eigenvalue weighted by Gasteiger charge is -2.01. The van der Waals surface area contributed by atoms with Crippen LogP contribution >= 0.6 is 0 Å². The van der Waals surface area contributed by atoms with Crippen LogP contribution in [0.25, 0.3) is 33.3 Å². The van der Waals surface area contributed by atoms with Crippen molar-refractivity contribution in [2.75, 3.05) is 0 Å². The van der Waals surface area contributed by atoms with Gasteiger partial charge in [0.05, 0.1) is 11.0 Å². The summed E-state index contributed by atoms with van der Waals surface area (Å²) in [6.07, 6.45) is 1.83. The van der Waals surface area contributed by atoms with Crippen LogP contribution in [-0.4, -0.2) is 15.0 Å². The van der Waals surface area contributed by atoms with Crippen molar-refractivity contribution in [1.29, 1.82) is 0 Å². The number of para-hydroxylation sites is 1. The topological polar surface area (TPSA) is 41.6 Å². The van der Waals surface area contributed by atoms with E-state index in [1.807, 2.05) is 36.5 Å². The molecule has 2 heterocycles. The molecule has 0 unspecified atom stereocenters. The molecule has 0 saturated heterocycles. The summed E-state index contributed by atoms with van der Waals surface area (Å²) < 4.78 is 0. The Morgan fingerprint density at radius 2 is 1.85 bits per heavy atom. The Balaban J connectivity index is 2.04. The van der Waals surface area contributed by atoms with Crippen molar-refractivity contribution < 1.29 is 0 Å². The SMILES string of the molecule is Cc1cccc2[nH]c(-c3nccc4ccccc34)nc12. The summed E-state index contributed by atoms with van der Waals surface area (Å²) in [6, 6.07) is 16.4. The molecular weight excluding hydrogens is 246 g/mol. The van der Waals surface area contributed by atoms with Crippen LogP contribution in [0.15, 0.2) is 54.7 Å². The Bertz CT molecular complexity index is 916. The molecule has 96 valence electrons. The molecule has 0 saturated carbocycles. The average Bonchev–Trinajstić information content (AvgIpc) is 2.92. The minimum absolute atomic E-state index is 0.825. The predicted molar refractivity (Wildman–Crippen MR) is 81.6 cm³/mol. The van der Waals surface area contributed by atoms with Crippen LogP contribution in [0.1, 0.15) is 5.56 Å². The van der Waals surface area contributed by atoms with Crippen LogP contribution in [-0.2, 0) is 0 Å². The van der Waals surface area contributed by atoms with Gasteiger partial charge in [0.25, 0.3) is 0 Å². The molecule has 0 bridgehead atoms. The van der Waals surface area contributed by atoms with Crippen LogP contribution in [0.3, 0.4) is 0 Å². The number of H-pyrrole nitrogens is 1. The number of nitrogens with one attached hydrogen (secondary N) is 1. The third-order valence-electron chi connectivity index (χ3n) is 3.61. The van der Waals surface area contributed by atoms with Crippen molar-refractivity contribution in [3.63, 3.8) is 0 Å². The van der Waals surface area contributed by atoms with Crippen molar-refractivity contribution in [3.8, 4) is 11.5 Å². The van der Waals surface area contributed by atoms with Crippen molar-refractivity contribution in [2.45, 2.75) is 6.92 Å². The number of pyridine rings is 1. The van der Waals surface area contributed by atoms with Gasteiger partial charge in [-0.15, -0.1) is 0 Å². The van der Waals surface area contributed by atoms with Gasteiger partial charge in [-0.05, 0) is 30.0 Å². The van der Waals surface area contributed by atoms with Gasteiger partial charge < -0.3 is 4.98 Å². The minimum Gasteiger partial charge on any atom is -0.337 e. The smallest absolute Gasteiger partial charge is 0.157 e. The molecule has 20 heavy (non-hydrogen) atoms. The van der Waals surface area contributed by atoms with Crippen molar-refractivity contribution >= 4 is 21.8 Å². The molecule has 0 aliphatic heterocycles. The molecule has 0 fully saturated rings. The maximum absolute atomic E-state index is 4.71. The van der Waals surface area contributed by atoms with Gasteiger partial charge in [0.2, 0.25) is 0 Å². The highest BCUT2D eigenvalue weighted by molar-refractivity contribution is 5.94. The normalized spacial score (nSPS) is 11.2. The fraction of sp³-hybridized carbons (Fsp3) is 0.0588. The molecule has 0 aliphatic rings. The lowest BCUT2D eigenvalue weighted by atomic mass is 10.1. The summed E-state index contributed by atoms with van der Waals surface area (Å²) in [5.41, 5.74) is 4.14. The number of imidazole rings is 1. The van der Waals surface area contributed by atoms with Gasteiger partial charge >= 0.3 is 0 Å². The molecule has 4 rings (SSSR count). The number of aromatic amines is 1. The lowest BCUT2D eigenvalue weighted by Crippen LogP contribution is -1.87. The van der Waals surface area contributed by atoms with E-state index in [0.29, 0.717) is 0 Å². The Morgan fingerprint density at radius 1 is 0.950 bits per heavy atom.